The second-order valence-electron chi connectivity index (χ2n) is 7.86. The molecule has 3 aromatic rings. The monoisotopic (exact) mass is 457 g/mol. The predicted octanol–water partition coefficient (Wildman–Crippen LogP) is 4.84. The first-order valence-corrected chi connectivity index (χ1v) is 10.5. The molecule has 1 saturated heterocycles. The molecule has 4 rings (SSSR count). The number of carboxylic acid groups (broad SMARTS) is 1. The van der Waals surface area contributed by atoms with Crippen molar-refractivity contribution in [1.82, 2.24) is 9.97 Å². The van der Waals surface area contributed by atoms with Crippen molar-refractivity contribution in [2.45, 2.75) is 31.5 Å². The number of ether oxygens (including phenoxy) is 1. The van der Waals surface area contributed by atoms with Crippen LogP contribution in [0.4, 0.5) is 19.0 Å². The number of piperidine rings is 1. The van der Waals surface area contributed by atoms with E-state index in [0.29, 0.717) is 31.5 Å². The molecule has 0 aliphatic carbocycles. The number of rotatable bonds is 6. The lowest BCUT2D eigenvalue weighted by Gasteiger charge is -2.33. The van der Waals surface area contributed by atoms with Crippen LogP contribution in [0.15, 0.2) is 61.1 Å². The molecule has 0 bridgehead atoms. The van der Waals surface area contributed by atoms with Crippen molar-refractivity contribution in [3.63, 3.8) is 0 Å². The number of aliphatic carboxylic acids is 1. The van der Waals surface area contributed by atoms with Gasteiger partial charge >= 0.3 is 12.1 Å². The maximum Gasteiger partial charge on any atom is 0.419 e. The van der Waals surface area contributed by atoms with E-state index in [1.807, 2.05) is 12.1 Å². The van der Waals surface area contributed by atoms with E-state index in [1.54, 1.807) is 18.5 Å². The van der Waals surface area contributed by atoms with Gasteiger partial charge in [-0.1, -0.05) is 12.1 Å². The van der Waals surface area contributed by atoms with E-state index in [9.17, 15) is 18.0 Å². The van der Waals surface area contributed by atoms with Gasteiger partial charge < -0.3 is 14.7 Å². The Morgan fingerprint density at radius 1 is 1.06 bits per heavy atom. The number of carbonyl (C=O) groups is 1. The number of benzene rings is 1. The van der Waals surface area contributed by atoms with Crippen molar-refractivity contribution in [2.24, 2.45) is 0 Å². The highest BCUT2D eigenvalue weighted by Gasteiger charge is 2.35. The van der Waals surface area contributed by atoms with E-state index < -0.39 is 17.7 Å². The van der Waals surface area contributed by atoms with E-state index in [-0.39, 0.29) is 18.3 Å². The Morgan fingerprint density at radius 2 is 1.82 bits per heavy atom. The van der Waals surface area contributed by atoms with Crippen LogP contribution < -0.4 is 9.64 Å². The summed E-state index contributed by atoms with van der Waals surface area (Å²) in [5, 5.41) is 8.95. The molecule has 0 amide bonds. The Labute approximate surface area is 188 Å². The second-order valence-corrected chi connectivity index (χ2v) is 7.86. The minimum Gasteiger partial charge on any atom is -0.490 e. The van der Waals surface area contributed by atoms with Gasteiger partial charge in [0.15, 0.2) is 0 Å². The van der Waals surface area contributed by atoms with E-state index >= 15 is 0 Å². The maximum atomic E-state index is 13.2. The van der Waals surface area contributed by atoms with Gasteiger partial charge in [0.05, 0.1) is 12.0 Å². The number of nitrogens with zero attached hydrogens (tertiary/aromatic N) is 3. The highest BCUT2D eigenvalue weighted by atomic mass is 19.4. The molecule has 0 unspecified atom stereocenters. The predicted molar refractivity (Wildman–Crippen MR) is 116 cm³/mol. The van der Waals surface area contributed by atoms with Gasteiger partial charge in [0, 0.05) is 55.6 Å². The number of alkyl halides is 3. The fourth-order valence-electron chi connectivity index (χ4n) is 3.85. The topological polar surface area (TPSA) is 75.5 Å². The molecule has 0 radical (unpaired) electrons. The normalized spacial score (nSPS) is 14.8. The number of hydrogen-bond donors (Lipinski definition) is 1. The summed E-state index contributed by atoms with van der Waals surface area (Å²) in [6.45, 7) is 1.22. The molecule has 6 nitrogen and oxygen atoms in total. The standard InChI is InChI=1S/C24H22F3N3O3/c25-24(26,27)20-3-1-2-4-21(20)33-19-7-9-30(10-8-19)22-6-5-17(15-29-22)18-11-16(12-23(31)32)13-28-14-18/h1-6,11,13-15,19H,7-10,12H2,(H,31,32). The number of hydrogen-bond acceptors (Lipinski definition) is 5. The van der Waals surface area contributed by atoms with Crippen LogP contribution in [0.5, 0.6) is 5.75 Å². The molecule has 0 spiro atoms. The summed E-state index contributed by atoms with van der Waals surface area (Å²) in [4.78, 5) is 21.6. The van der Waals surface area contributed by atoms with Gasteiger partial charge in [-0.2, -0.15) is 13.2 Å². The highest BCUT2D eigenvalue weighted by molar-refractivity contribution is 5.71. The van der Waals surface area contributed by atoms with Gasteiger partial charge in [0.25, 0.3) is 0 Å². The minimum absolute atomic E-state index is 0.100. The summed E-state index contributed by atoms with van der Waals surface area (Å²) in [6.07, 6.45) is 1.20. The lowest BCUT2D eigenvalue weighted by Crippen LogP contribution is -2.38. The third-order valence-corrected chi connectivity index (χ3v) is 5.48. The minimum atomic E-state index is -4.45. The van der Waals surface area contributed by atoms with E-state index in [0.717, 1.165) is 23.0 Å². The van der Waals surface area contributed by atoms with E-state index in [1.165, 1.54) is 24.4 Å². The second kappa shape index (κ2) is 9.48. The third-order valence-electron chi connectivity index (χ3n) is 5.48. The number of carboxylic acids is 1. The van der Waals surface area contributed by atoms with Crippen molar-refractivity contribution >= 4 is 11.8 Å². The van der Waals surface area contributed by atoms with Crippen LogP contribution in [0, 0.1) is 0 Å². The van der Waals surface area contributed by atoms with Gasteiger partial charge in [0.2, 0.25) is 0 Å². The molecule has 0 saturated carbocycles. The van der Waals surface area contributed by atoms with Crippen LogP contribution in [0.1, 0.15) is 24.0 Å². The maximum absolute atomic E-state index is 13.2. The van der Waals surface area contributed by atoms with E-state index in [4.69, 9.17) is 9.84 Å². The largest absolute Gasteiger partial charge is 0.490 e. The molecule has 0 atom stereocenters. The first-order valence-electron chi connectivity index (χ1n) is 10.5. The van der Waals surface area contributed by atoms with Crippen molar-refractivity contribution < 1.29 is 27.8 Å². The molecular formula is C24H22F3N3O3. The number of para-hydroxylation sites is 1. The third kappa shape index (κ3) is 5.60. The Hall–Kier alpha value is -3.62. The summed E-state index contributed by atoms with van der Waals surface area (Å²) >= 11 is 0. The highest BCUT2D eigenvalue weighted by Crippen LogP contribution is 2.37. The summed E-state index contributed by atoms with van der Waals surface area (Å²) in [6, 6.07) is 10.8. The molecule has 172 valence electrons. The molecule has 9 heteroatoms. The van der Waals surface area contributed by atoms with Gasteiger partial charge in [-0.15, -0.1) is 0 Å². The summed E-state index contributed by atoms with van der Waals surface area (Å²) < 4.78 is 45.3. The lowest BCUT2D eigenvalue weighted by molar-refractivity contribution is -0.139. The number of anilines is 1. The fourth-order valence-corrected chi connectivity index (χ4v) is 3.85. The average molecular weight is 457 g/mol. The van der Waals surface area contributed by atoms with Gasteiger partial charge in [-0.05, 0) is 35.9 Å². The van der Waals surface area contributed by atoms with Crippen molar-refractivity contribution in [3.8, 4) is 16.9 Å². The number of halogens is 3. The zero-order valence-corrected chi connectivity index (χ0v) is 17.6. The Balaban J connectivity index is 1.38. The van der Waals surface area contributed by atoms with Crippen LogP contribution in [0.3, 0.4) is 0 Å². The lowest BCUT2D eigenvalue weighted by atomic mass is 10.1. The zero-order chi connectivity index (χ0) is 23.4. The van der Waals surface area contributed by atoms with Crippen LogP contribution in [-0.2, 0) is 17.4 Å². The molecule has 1 aliphatic heterocycles. The fraction of sp³-hybridized carbons (Fsp3) is 0.292. The average Bonchev–Trinajstić information content (AvgIpc) is 2.79. The SMILES string of the molecule is O=C(O)Cc1cncc(-c2ccc(N3CCC(Oc4ccccc4C(F)(F)F)CC3)nc2)c1. The molecule has 1 aromatic carbocycles. The quantitative estimate of drug-likeness (QED) is 0.571. The molecule has 1 N–H and O–H groups in total. The van der Waals surface area contributed by atoms with Gasteiger partial charge in [-0.3, -0.25) is 9.78 Å². The van der Waals surface area contributed by atoms with Gasteiger partial charge in [-0.25, -0.2) is 4.98 Å². The number of pyridine rings is 2. The van der Waals surface area contributed by atoms with Crippen LogP contribution >= 0.6 is 0 Å². The van der Waals surface area contributed by atoms with Crippen molar-refractivity contribution in [1.29, 1.82) is 0 Å². The van der Waals surface area contributed by atoms with E-state index in [2.05, 4.69) is 14.9 Å². The molecule has 1 aliphatic rings. The van der Waals surface area contributed by atoms with Crippen molar-refractivity contribution in [2.75, 3.05) is 18.0 Å². The molecule has 2 aromatic heterocycles. The molecular weight excluding hydrogens is 435 g/mol. The summed E-state index contributed by atoms with van der Waals surface area (Å²) in [5.41, 5.74) is 1.45. The smallest absolute Gasteiger partial charge is 0.419 e. The first kappa shape index (κ1) is 22.6. The molecule has 3 heterocycles. The van der Waals surface area contributed by atoms with Crippen LogP contribution in [-0.4, -0.2) is 40.2 Å². The first-order chi connectivity index (χ1) is 15.8. The summed E-state index contributed by atoms with van der Waals surface area (Å²) in [7, 11) is 0. The Morgan fingerprint density at radius 3 is 2.48 bits per heavy atom. The Kier molecular flexibility index (Phi) is 6.48. The van der Waals surface area contributed by atoms with Crippen molar-refractivity contribution in [3.05, 3.63) is 72.2 Å². The molecule has 33 heavy (non-hydrogen) atoms. The Bertz CT molecular complexity index is 1110. The van der Waals surface area contributed by atoms with Crippen LogP contribution in [0.2, 0.25) is 0 Å². The molecule has 1 fully saturated rings. The number of aromatic nitrogens is 2. The summed E-state index contributed by atoms with van der Waals surface area (Å²) in [5.74, 6) is -0.288. The zero-order valence-electron chi connectivity index (χ0n) is 17.6. The van der Waals surface area contributed by atoms with Gasteiger partial charge in [0.1, 0.15) is 17.7 Å². The van der Waals surface area contributed by atoms with Crippen LogP contribution in [0.25, 0.3) is 11.1 Å².